The Labute approximate surface area is 168 Å². The summed E-state index contributed by atoms with van der Waals surface area (Å²) in [6.07, 6.45) is 2.86. The molecule has 28 heavy (non-hydrogen) atoms. The molecule has 5 nitrogen and oxygen atoms in total. The second kappa shape index (κ2) is 8.67. The molecule has 0 saturated heterocycles. The molecule has 0 unspecified atom stereocenters. The molecule has 0 radical (unpaired) electrons. The van der Waals surface area contributed by atoms with E-state index in [4.69, 9.17) is 11.6 Å². The van der Waals surface area contributed by atoms with Gasteiger partial charge in [-0.05, 0) is 43.2 Å². The second-order valence-electron chi connectivity index (χ2n) is 6.54. The Morgan fingerprint density at radius 3 is 2.32 bits per heavy atom. The number of hydrogen-bond acceptors (Lipinski definition) is 3. The number of halogens is 1. The molecule has 0 spiro atoms. The fourth-order valence-electron chi connectivity index (χ4n) is 2.60. The van der Waals surface area contributed by atoms with Crippen molar-refractivity contribution in [2.75, 3.05) is 5.32 Å². The van der Waals surface area contributed by atoms with E-state index >= 15 is 0 Å². The van der Waals surface area contributed by atoms with E-state index in [0.717, 1.165) is 16.7 Å². The first-order valence-electron chi connectivity index (χ1n) is 8.78. The molecule has 2 N–H and O–H groups in total. The van der Waals surface area contributed by atoms with Gasteiger partial charge in [-0.25, -0.2) is 0 Å². The number of carbonyl (C=O) groups is 2. The van der Waals surface area contributed by atoms with Crippen LogP contribution in [0.3, 0.4) is 0 Å². The molecule has 0 fully saturated rings. The van der Waals surface area contributed by atoms with Gasteiger partial charge < -0.3 is 10.6 Å². The van der Waals surface area contributed by atoms with Gasteiger partial charge in [0.25, 0.3) is 11.8 Å². The van der Waals surface area contributed by atoms with Gasteiger partial charge >= 0.3 is 0 Å². The smallest absolute Gasteiger partial charge is 0.257 e. The highest BCUT2D eigenvalue weighted by Crippen LogP contribution is 2.21. The van der Waals surface area contributed by atoms with E-state index < -0.39 is 0 Å². The van der Waals surface area contributed by atoms with Crippen molar-refractivity contribution in [2.45, 2.75) is 20.4 Å². The topological polar surface area (TPSA) is 71.1 Å². The van der Waals surface area contributed by atoms with Gasteiger partial charge in [-0.1, -0.05) is 47.5 Å². The maximum atomic E-state index is 12.5. The molecule has 0 saturated carbocycles. The molecule has 0 bridgehead atoms. The summed E-state index contributed by atoms with van der Waals surface area (Å²) in [7, 11) is 0. The van der Waals surface area contributed by atoms with Crippen molar-refractivity contribution in [2.24, 2.45) is 0 Å². The molecule has 3 rings (SSSR count). The first-order chi connectivity index (χ1) is 13.4. The van der Waals surface area contributed by atoms with Crippen LogP contribution < -0.4 is 10.6 Å². The summed E-state index contributed by atoms with van der Waals surface area (Å²) < 4.78 is 0. The van der Waals surface area contributed by atoms with Crippen molar-refractivity contribution in [3.05, 3.63) is 93.8 Å². The van der Waals surface area contributed by atoms with E-state index in [-0.39, 0.29) is 11.8 Å². The van der Waals surface area contributed by atoms with Crippen molar-refractivity contribution in [1.82, 2.24) is 10.3 Å². The summed E-state index contributed by atoms with van der Waals surface area (Å²) in [6, 6.07) is 14.7. The van der Waals surface area contributed by atoms with Gasteiger partial charge in [-0.3, -0.25) is 14.6 Å². The molecule has 1 heterocycles. The van der Waals surface area contributed by atoms with Crippen LogP contribution in [0.15, 0.2) is 60.9 Å². The molecule has 2 amide bonds. The number of anilines is 1. The summed E-state index contributed by atoms with van der Waals surface area (Å²) in [6.45, 7) is 4.28. The number of nitrogens with one attached hydrogen (secondary N) is 2. The highest BCUT2D eigenvalue weighted by Gasteiger charge is 2.13. The fourth-order valence-corrected chi connectivity index (χ4v) is 2.77. The van der Waals surface area contributed by atoms with Crippen LogP contribution in [-0.2, 0) is 6.54 Å². The molecule has 142 valence electrons. The lowest BCUT2D eigenvalue weighted by molar-refractivity contribution is 0.0950. The average Bonchev–Trinajstić information content (AvgIpc) is 2.70. The fraction of sp³-hybridized carbons (Fsp3) is 0.136. The molecule has 3 aromatic rings. The van der Waals surface area contributed by atoms with Crippen LogP contribution in [0.25, 0.3) is 0 Å². The lowest BCUT2D eigenvalue weighted by Crippen LogP contribution is -2.23. The Balaban J connectivity index is 1.68. The van der Waals surface area contributed by atoms with Gasteiger partial charge in [0.15, 0.2) is 0 Å². The number of nitrogens with zero attached hydrogens (tertiary/aromatic N) is 1. The van der Waals surface area contributed by atoms with Gasteiger partial charge in [0.2, 0.25) is 0 Å². The zero-order valence-electron chi connectivity index (χ0n) is 15.6. The number of aryl methyl sites for hydroxylation is 2. The standard InChI is InChI=1S/C22H20ClN3O2/c1-14-3-6-16(7-4-14)11-25-21(27)17-9-18(13-24-12-17)22(28)26-20-10-19(23)8-5-15(20)2/h3-10,12-13H,11H2,1-2H3,(H,25,27)(H,26,28). The third-order valence-corrected chi connectivity index (χ3v) is 4.52. The van der Waals surface area contributed by atoms with Gasteiger partial charge in [-0.2, -0.15) is 0 Å². The van der Waals surface area contributed by atoms with Crippen LogP contribution in [0, 0.1) is 13.8 Å². The maximum Gasteiger partial charge on any atom is 0.257 e. The number of pyridine rings is 1. The van der Waals surface area contributed by atoms with Crippen LogP contribution >= 0.6 is 11.6 Å². The Kier molecular flexibility index (Phi) is 6.06. The normalized spacial score (nSPS) is 10.4. The van der Waals surface area contributed by atoms with Crippen LogP contribution in [-0.4, -0.2) is 16.8 Å². The minimum absolute atomic E-state index is 0.290. The number of rotatable bonds is 5. The summed E-state index contributed by atoms with van der Waals surface area (Å²) in [5, 5.41) is 6.17. The van der Waals surface area contributed by atoms with Crippen LogP contribution in [0.5, 0.6) is 0 Å². The van der Waals surface area contributed by atoms with E-state index in [0.29, 0.717) is 28.4 Å². The predicted molar refractivity (Wildman–Crippen MR) is 111 cm³/mol. The monoisotopic (exact) mass is 393 g/mol. The molecule has 0 aliphatic heterocycles. The number of benzene rings is 2. The molecule has 6 heteroatoms. The minimum atomic E-state index is -0.356. The van der Waals surface area contributed by atoms with E-state index in [1.54, 1.807) is 12.1 Å². The minimum Gasteiger partial charge on any atom is -0.348 e. The molecule has 0 aliphatic carbocycles. The Bertz CT molecular complexity index is 1020. The van der Waals surface area contributed by atoms with Gasteiger partial charge in [0.05, 0.1) is 11.1 Å². The van der Waals surface area contributed by atoms with Crippen LogP contribution in [0.2, 0.25) is 5.02 Å². The van der Waals surface area contributed by atoms with E-state index in [1.165, 1.54) is 18.5 Å². The Morgan fingerprint density at radius 2 is 1.61 bits per heavy atom. The van der Waals surface area contributed by atoms with Crippen LogP contribution in [0.4, 0.5) is 5.69 Å². The molecular weight excluding hydrogens is 374 g/mol. The Morgan fingerprint density at radius 1 is 0.929 bits per heavy atom. The van der Waals surface area contributed by atoms with E-state index in [9.17, 15) is 9.59 Å². The largest absolute Gasteiger partial charge is 0.348 e. The van der Waals surface area contributed by atoms with Crippen molar-refractivity contribution >= 4 is 29.1 Å². The molecule has 1 aromatic heterocycles. The molecule has 0 atom stereocenters. The summed E-state index contributed by atoms with van der Waals surface area (Å²) in [4.78, 5) is 29.0. The molecule has 2 aromatic carbocycles. The van der Waals surface area contributed by atoms with Crippen molar-refractivity contribution in [3.63, 3.8) is 0 Å². The van der Waals surface area contributed by atoms with Crippen molar-refractivity contribution in [1.29, 1.82) is 0 Å². The SMILES string of the molecule is Cc1ccc(CNC(=O)c2cncc(C(=O)Nc3cc(Cl)ccc3C)c2)cc1. The van der Waals surface area contributed by atoms with E-state index in [2.05, 4.69) is 15.6 Å². The van der Waals surface area contributed by atoms with Gasteiger partial charge in [0.1, 0.15) is 0 Å². The number of aromatic nitrogens is 1. The summed E-state index contributed by atoms with van der Waals surface area (Å²) >= 11 is 5.99. The van der Waals surface area contributed by atoms with Crippen molar-refractivity contribution < 1.29 is 9.59 Å². The third kappa shape index (κ3) is 4.96. The summed E-state index contributed by atoms with van der Waals surface area (Å²) in [5.41, 5.74) is 4.28. The summed E-state index contributed by atoms with van der Waals surface area (Å²) in [5.74, 6) is -0.646. The number of hydrogen-bond donors (Lipinski definition) is 2. The lowest BCUT2D eigenvalue weighted by atomic mass is 10.1. The highest BCUT2D eigenvalue weighted by molar-refractivity contribution is 6.31. The first-order valence-corrected chi connectivity index (χ1v) is 9.16. The average molecular weight is 394 g/mol. The predicted octanol–water partition coefficient (Wildman–Crippen LogP) is 4.53. The molecular formula is C22H20ClN3O2. The number of amides is 2. The van der Waals surface area contributed by atoms with Crippen molar-refractivity contribution in [3.8, 4) is 0 Å². The zero-order valence-corrected chi connectivity index (χ0v) is 16.4. The third-order valence-electron chi connectivity index (χ3n) is 4.28. The highest BCUT2D eigenvalue weighted by atomic mass is 35.5. The maximum absolute atomic E-state index is 12.5. The van der Waals surface area contributed by atoms with E-state index in [1.807, 2.05) is 44.2 Å². The second-order valence-corrected chi connectivity index (χ2v) is 6.98. The van der Waals surface area contributed by atoms with Crippen LogP contribution in [0.1, 0.15) is 37.4 Å². The lowest BCUT2D eigenvalue weighted by Gasteiger charge is -2.10. The van der Waals surface area contributed by atoms with Gasteiger partial charge in [0, 0.05) is 29.6 Å². The quantitative estimate of drug-likeness (QED) is 0.668. The number of carbonyl (C=O) groups excluding carboxylic acids is 2. The zero-order chi connectivity index (χ0) is 20.1. The molecule has 0 aliphatic rings. The van der Waals surface area contributed by atoms with Gasteiger partial charge in [-0.15, -0.1) is 0 Å². The first kappa shape index (κ1) is 19.6. The Hall–Kier alpha value is -3.18.